The first-order valence-corrected chi connectivity index (χ1v) is 5.84. The zero-order valence-corrected chi connectivity index (χ0v) is 9.24. The summed E-state index contributed by atoms with van der Waals surface area (Å²) < 4.78 is 0. The minimum Gasteiger partial charge on any atom is -0.493 e. The van der Waals surface area contributed by atoms with Crippen LogP contribution in [0, 0.1) is 0 Å². The lowest BCUT2D eigenvalue weighted by Crippen LogP contribution is -1.79. The van der Waals surface area contributed by atoms with Crippen molar-refractivity contribution in [2.45, 2.75) is 0 Å². The maximum absolute atomic E-state index is 9.69. The van der Waals surface area contributed by atoms with Crippen molar-refractivity contribution in [2.75, 3.05) is 0 Å². The van der Waals surface area contributed by atoms with E-state index in [9.17, 15) is 5.11 Å². The van der Waals surface area contributed by atoms with E-state index in [-0.39, 0.29) is 5.88 Å². The predicted molar refractivity (Wildman–Crippen MR) is 66.7 cm³/mol. The Morgan fingerprint density at radius 3 is 2.88 bits per heavy atom. The van der Waals surface area contributed by atoms with Crippen LogP contribution in [-0.4, -0.2) is 10.1 Å². The molecule has 0 aliphatic rings. The molecule has 2 aromatic heterocycles. The van der Waals surface area contributed by atoms with E-state index in [0.717, 1.165) is 16.3 Å². The molecule has 1 aromatic carbocycles. The molecule has 0 aliphatic carbocycles. The fraction of sp³-hybridized carbons (Fsp3) is 0. The standard InChI is InChI=1S/C13H9NOS/c15-13-11-8-10(12-2-1-7-16-12)4-3-9(11)5-6-14-13/h1-8H,(H,14,15). The third-order valence-corrected chi connectivity index (χ3v) is 3.47. The Kier molecular flexibility index (Phi) is 2.11. The summed E-state index contributed by atoms with van der Waals surface area (Å²) in [5.74, 6) is 0.0934. The number of hydrogen-bond donors (Lipinski definition) is 1. The molecule has 2 nitrogen and oxygen atoms in total. The number of nitrogens with zero attached hydrogens (tertiary/aromatic N) is 1. The first-order chi connectivity index (χ1) is 7.84. The Labute approximate surface area is 96.8 Å². The smallest absolute Gasteiger partial charge is 0.218 e. The second-order valence-electron chi connectivity index (χ2n) is 3.55. The van der Waals surface area contributed by atoms with Crippen molar-refractivity contribution >= 4 is 22.1 Å². The molecule has 3 rings (SSSR count). The Morgan fingerprint density at radius 2 is 2.06 bits per heavy atom. The van der Waals surface area contributed by atoms with Gasteiger partial charge < -0.3 is 5.11 Å². The van der Waals surface area contributed by atoms with Crippen LogP contribution in [0.25, 0.3) is 21.2 Å². The summed E-state index contributed by atoms with van der Waals surface area (Å²) >= 11 is 1.69. The third-order valence-electron chi connectivity index (χ3n) is 2.55. The van der Waals surface area contributed by atoms with Crippen LogP contribution in [-0.2, 0) is 0 Å². The molecule has 78 valence electrons. The molecule has 16 heavy (non-hydrogen) atoms. The minimum atomic E-state index is 0.0934. The molecule has 2 heterocycles. The van der Waals surface area contributed by atoms with E-state index in [1.807, 2.05) is 29.6 Å². The molecule has 0 fully saturated rings. The lowest BCUT2D eigenvalue weighted by Gasteiger charge is -2.02. The van der Waals surface area contributed by atoms with E-state index in [2.05, 4.69) is 17.1 Å². The van der Waals surface area contributed by atoms with Gasteiger partial charge in [-0.05, 0) is 34.5 Å². The third kappa shape index (κ3) is 1.46. The van der Waals surface area contributed by atoms with Gasteiger partial charge in [0.15, 0.2) is 0 Å². The molecule has 0 amide bonds. The van der Waals surface area contributed by atoms with Gasteiger partial charge in [-0.15, -0.1) is 11.3 Å². The number of aromatic hydroxyl groups is 1. The van der Waals surface area contributed by atoms with Crippen molar-refractivity contribution in [3.8, 4) is 16.3 Å². The van der Waals surface area contributed by atoms with Gasteiger partial charge >= 0.3 is 0 Å². The van der Waals surface area contributed by atoms with Crippen LogP contribution >= 0.6 is 11.3 Å². The zero-order valence-electron chi connectivity index (χ0n) is 8.42. The van der Waals surface area contributed by atoms with E-state index < -0.39 is 0 Å². The molecular formula is C13H9NOS. The average Bonchev–Trinajstić information content (AvgIpc) is 2.83. The van der Waals surface area contributed by atoms with Crippen LogP contribution in [0.3, 0.4) is 0 Å². The number of aromatic nitrogens is 1. The van der Waals surface area contributed by atoms with Gasteiger partial charge in [0, 0.05) is 16.5 Å². The summed E-state index contributed by atoms with van der Waals surface area (Å²) in [6.07, 6.45) is 1.61. The number of hydrogen-bond acceptors (Lipinski definition) is 3. The van der Waals surface area contributed by atoms with E-state index in [4.69, 9.17) is 0 Å². The minimum absolute atomic E-state index is 0.0934. The van der Waals surface area contributed by atoms with Gasteiger partial charge in [0.05, 0.1) is 0 Å². The molecule has 1 N–H and O–H groups in total. The largest absolute Gasteiger partial charge is 0.493 e. The Morgan fingerprint density at radius 1 is 1.12 bits per heavy atom. The highest BCUT2D eigenvalue weighted by Gasteiger charge is 2.03. The van der Waals surface area contributed by atoms with Crippen LogP contribution in [0.1, 0.15) is 0 Å². The molecule has 3 aromatic rings. The zero-order chi connectivity index (χ0) is 11.0. The molecular weight excluding hydrogens is 218 g/mol. The van der Waals surface area contributed by atoms with Gasteiger partial charge in [-0.2, -0.15) is 0 Å². The summed E-state index contributed by atoms with van der Waals surface area (Å²) in [4.78, 5) is 5.09. The highest BCUT2D eigenvalue weighted by atomic mass is 32.1. The van der Waals surface area contributed by atoms with Crippen molar-refractivity contribution in [3.05, 3.63) is 48.0 Å². The van der Waals surface area contributed by atoms with E-state index in [1.54, 1.807) is 17.5 Å². The summed E-state index contributed by atoms with van der Waals surface area (Å²) in [5, 5.41) is 13.5. The first-order valence-electron chi connectivity index (χ1n) is 4.96. The summed E-state index contributed by atoms with van der Waals surface area (Å²) in [6.45, 7) is 0. The molecule has 3 heteroatoms. The van der Waals surface area contributed by atoms with Gasteiger partial charge in [0.1, 0.15) is 0 Å². The number of pyridine rings is 1. The molecule has 0 saturated heterocycles. The van der Waals surface area contributed by atoms with Crippen molar-refractivity contribution in [2.24, 2.45) is 0 Å². The van der Waals surface area contributed by atoms with Gasteiger partial charge in [-0.3, -0.25) is 0 Å². The molecule has 0 aliphatic heterocycles. The van der Waals surface area contributed by atoms with Crippen LogP contribution in [0.15, 0.2) is 48.0 Å². The number of benzene rings is 1. The molecule has 0 atom stereocenters. The molecule has 0 spiro atoms. The topological polar surface area (TPSA) is 33.1 Å². The highest BCUT2D eigenvalue weighted by Crippen LogP contribution is 2.30. The van der Waals surface area contributed by atoms with Crippen LogP contribution in [0.2, 0.25) is 0 Å². The average molecular weight is 227 g/mol. The molecule has 0 unspecified atom stereocenters. The number of fused-ring (bicyclic) bond motifs is 1. The van der Waals surface area contributed by atoms with Crippen molar-refractivity contribution < 1.29 is 5.11 Å². The highest BCUT2D eigenvalue weighted by molar-refractivity contribution is 7.13. The maximum Gasteiger partial charge on any atom is 0.218 e. The van der Waals surface area contributed by atoms with Gasteiger partial charge in [-0.1, -0.05) is 18.2 Å². The van der Waals surface area contributed by atoms with Gasteiger partial charge in [0.25, 0.3) is 0 Å². The second kappa shape index (κ2) is 3.61. The quantitative estimate of drug-likeness (QED) is 0.688. The fourth-order valence-electron chi connectivity index (χ4n) is 1.75. The van der Waals surface area contributed by atoms with Gasteiger partial charge in [0.2, 0.25) is 5.88 Å². The summed E-state index contributed by atoms with van der Waals surface area (Å²) in [7, 11) is 0. The van der Waals surface area contributed by atoms with Crippen molar-refractivity contribution in [1.29, 1.82) is 0 Å². The number of thiophene rings is 1. The fourth-order valence-corrected chi connectivity index (χ4v) is 2.47. The monoisotopic (exact) mass is 227 g/mol. The SMILES string of the molecule is Oc1nccc2ccc(-c3cccs3)cc12. The second-order valence-corrected chi connectivity index (χ2v) is 4.50. The van der Waals surface area contributed by atoms with E-state index >= 15 is 0 Å². The van der Waals surface area contributed by atoms with Crippen molar-refractivity contribution in [1.82, 2.24) is 4.98 Å². The lowest BCUT2D eigenvalue weighted by atomic mass is 10.1. The van der Waals surface area contributed by atoms with E-state index in [0.29, 0.717) is 0 Å². The molecule has 0 bridgehead atoms. The predicted octanol–water partition coefficient (Wildman–Crippen LogP) is 3.67. The summed E-state index contributed by atoms with van der Waals surface area (Å²) in [5.41, 5.74) is 1.12. The Balaban J connectivity index is 2.27. The molecule has 0 saturated carbocycles. The van der Waals surface area contributed by atoms with Crippen LogP contribution < -0.4 is 0 Å². The first kappa shape index (κ1) is 9.36. The van der Waals surface area contributed by atoms with Gasteiger partial charge in [-0.25, -0.2) is 4.98 Å². The Hall–Kier alpha value is -1.87. The Bertz CT molecular complexity index is 631. The molecule has 0 radical (unpaired) electrons. The number of rotatable bonds is 1. The lowest BCUT2D eigenvalue weighted by molar-refractivity contribution is 0.460. The summed E-state index contributed by atoms with van der Waals surface area (Å²) in [6, 6.07) is 12.0. The normalized spacial score (nSPS) is 10.8. The van der Waals surface area contributed by atoms with Crippen molar-refractivity contribution in [3.63, 3.8) is 0 Å². The van der Waals surface area contributed by atoms with Crippen LogP contribution in [0.4, 0.5) is 0 Å². The van der Waals surface area contributed by atoms with Crippen LogP contribution in [0.5, 0.6) is 5.88 Å². The maximum atomic E-state index is 9.69. The van der Waals surface area contributed by atoms with E-state index in [1.165, 1.54) is 4.88 Å².